The van der Waals surface area contributed by atoms with Gasteiger partial charge in [0.15, 0.2) is 0 Å². The molecule has 1 unspecified atom stereocenters. The van der Waals surface area contributed by atoms with E-state index in [9.17, 15) is 15.3 Å². The molecular formula is C30H35N3O3. The number of aliphatic hydroxyl groups excluding tert-OH is 3. The van der Waals surface area contributed by atoms with Crippen LogP contribution in [0.25, 0.3) is 0 Å². The molecular weight excluding hydrogens is 450 g/mol. The maximum absolute atomic E-state index is 9.48. The molecule has 0 aromatic heterocycles. The third-order valence-electron chi connectivity index (χ3n) is 6.76. The molecule has 0 spiro atoms. The monoisotopic (exact) mass is 485 g/mol. The number of benzene rings is 3. The van der Waals surface area contributed by atoms with E-state index in [0.717, 1.165) is 45.6 Å². The summed E-state index contributed by atoms with van der Waals surface area (Å²) in [6.45, 7) is 1.86. The van der Waals surface area contributed by atoms with Gasteiger partial charge in [-0.2, -0.15) is 0 Å². The Kier molecular flexibility index (Phi) is 8.57. The highest BCUT2D eigenvalue weighted by molar-refractivity contribution is 5.51. The Bertz CT molecular complexity index is 1190. The number of nitrogens with one attached hydrogen (secondary N) is 2. The fraction of sp³-hybridized carbons (Fsp3) is 0.267. The van der Waals surface area contributed by atoms with Crippen LogP contribution in [0.5, 0.6) is 0 Å². The first-order valence-electron chi connectivity index (χ1n) is 12.3. The second-order valence-corrected chi connectivity index (χ2v) is 9.33. The van der Waals surface area contributed by atoms with Gasteiger partial charge in [0.1, 0.15) is 0 Å². The van der Waals surface area contributed by atoms with Crippen molar-refractivity contribution in [3.05, 3.63) is 118 Å². The van der Waals surface area contributed by atoms with Crippen molar-refractivity contribution in [1.82, 2.24) is 0 Å². The average Bonchev–Trinajstić information content (AvgIpc) is 2.95. The maximum atomic E-state index is 9.48. The molecule has 188 valence electrons. The van der Waals surface area contributed by atoms with Crippen LogP contribution in [0.15, 0.2) is 96.1 Å². The standard InChI is InChI=1S/C30H35N3O3/c31-21-30(27-7-1-22(18-34)2-8-27)14-25(16-32-28-9-3-23(19-35)4-10-28)13-26(15-30)17-33-29-11-5-24(20-36)6-12-29/h1-14,32-36H,15-21,31H2. The molecule has 0 fully saturated rings. The van der Waals surface area contributed by atoms with Gasteiger partial charge in [-0.05, 0) is 64.1 Å². The molecule has 0 saturated carbocycles. The second-order valence-electron chi connectivity index (χ2n) is 9.33. The third kappa shape index (κ3) is 6.22. The SMILES string of the molecule is NCC1(c2ccc(CO)cc2)C=C(CNc2ccc(CO)cc2)C=C(CNc2ccc(CO)cc2)C1. The first kappa shape index (κ1) is 25.7. The lowest BCUT2D eigenvalue weighted by Crippen LogP contribution is -2.37. The van der Waals surface area contributed by atoms with Gasteiger partial charge < -0.3 is 31.7 Å². The van der Waals surface area contributed by atoms with E-state index in [1.807, 2.05) is 60.7 Å². The van der Waals surface area contributed by atoms with Gasteiger partial charge in [0.2, 0.25) is 0 Å². The van der Waals surface area contributed by atoms with Gasteiger partial charge in [0.05, 0.1) is 19.8 Å². The molecule has 3 aromatic carbocycles. The Morgan fingerprint density at radius 1 is 0.667 bits per heavy atom. The highest BCUT2D eigenvalue weighted by Gasteiger charge is 2.32. The molecule has 1 aliphatic rings. The Balaban J connectivity index is 1.57. The summed E-state index contributed by atoms with van der Waals surface area (Å²) in [4.78, 5) is 0. The molecule has 1 atom stereocenters. The lowest BCUT2D eigenvalue weighted by Gasteiger charge is -2.35. The van der Waals surface area contributed by atoms with Gasteiger partial charge in [-0.1, -0.05) is 60.7 Å². The summed E-state index contributed by atoms with van der Waals surface area (Å²) < 4.78 is 0. The zero-order chi connectivity index (χ0) is 25.4. The molecule has 36 heavy (non-hydrogen) atoms. The molecule has 0 aliphatic heterocycles. The minimum atomic E-state index is -0.349. The summed E-state index contributed by atoms with van der Waals surface area (Å²) in [6.07, 6.45) is 5.30. The summed E-state index contributed by atoms with van der Waals surface area (Å²) in [7, 11) is 0. The molecule has 0 saturated heterocycles. The predicted molar refractivity (Wildman–Crippen MR) is 146 cm³/mol. The van der Waals surface area contributed by atoms with Crippen molar-refractivity contribution in [3.63, 3.8) is 0 Å². The van der Waals surface area contributed by atoms with Crippen molar-refractivity contribution in [2.45, 2.75) is 31.7 Å². The highest BCUT2D eigenvalue weighted by atomic mass is 16.3. The number of hydrogen-bond donors (Lipinski definition) is 6. The summed E-state index contributed by atoms with van der Waals surface area (Å²) in [5, 5.41) is 35.1. The van der Waals surface area contributed by atoms with E-state index in [1.54, 1.807) is 0 Å². The fourth-order valence-electron chi connectivity index (χ4n) is 4.63. The zero-order valence-electron chi connectivity index (χ0n) is 20.5. The van der Waals surface area contributed by atoms with E-state index in [0.29, 0.717) is 19.6 Å². The number of hydrogen-bond acceptors (Lipinski definition) is 6. The number of rotatable bonds is 11. The van der Waals surface area contributed by atoms with Gasteiger partial charge in [0, 0.05) is 36.4 Å². The van der Waals surface area contributed by atoms with Crippen LogP contribution in [-0.2, 0) is 25.2 Å². The molecule has 6 nitrogen and oxygen atoms in total. The number of nitrogens with two attached hydrogens (primary N) is 1. The summed E-state index contributed by atoms with van der Waals surface area (Å²) in [5.74, 6) is 0. The van der Waals surface area contributed by atoms with Crippen LogP contribution in [0.3, 0.4) is 0 Å². The van der Waals surface area contributed by atoms with Crippen LogP contribution in [0.4, 0.5) is 11.4 Å². The van der Waals surface area contributed by atoms with Gasteiger partial charge in [-0.25, -0.2) is 0 Å². The summed E-state index contributed by atoms with van der Waals surface area (Å²) >= 11 is 0. The molecule has 0 radical (unpaired) electrons. The van der Waals surface area contributed by atoms with Gasteiger partial charge >= 0.3 is 0 Å². The lowest BCUT2D eigenvalue weighted by atomic mass is 9.71. The largest absolute Gasteiger partial charge is 0.392 e. The average molecular weight is 486 g/mol. The Morgan fingerprint density at radius 3 is 1.61 bits per heavy atom. The first-order valence-corrected chi connectivity index (χ1v) is 12.3. The highest BCUT2D eigenvalue weighted by Crippen LogP contribution is 2.37. The molecule has 3 aromatic rings. The Labute approximate surface area is 212 Å². The van der Waals surface area contributed by atoms with Crippen molar-refractivity contribution in [3.8, 4) is 0 Å². The predicted octanol–water partition coefficient (Wildman–Crippen LogP) is 3.84. The van der Waals surface area contributed by atoms with Gasteiger partial charge in [0.25, 0.3) is 0 Å². The first-order chi connectivity index (χ1) is 17.6. The van der Waals surface area contributed by atoms with E-state index in [2.05, 4.69) is 34.9 Å². The van der Waals surface area contributed by atoms with E-state index < -0.39 is 0 Å². The Hall–Kier alpha value is -3.42. The molecule has 6 heteroatoms. The van der Waals surface area contributed by atoms with Gasteiger partial charge in [-0.15, -0.1) is 0 Å². The van der Waals surface area contributed by atoms with E-state index in [4.69, 9.17) is 5.73 Å². The maximum Gasteiger partial charge on any atom is 0.0681 e. The van der Waals surface area contributed by atoms with Crippen LogP contribution < -0.4 is 16.4 Å². The van der Waals surface area contributed by atoms with Crippen molar-refractivity contribution in [2.24, 2.45) is 5.73 Å². The second kappa shape index (κ2) is 12.0. The summed E-state index contributed by atoms with van der Waals surface area (Å²) in [5.41, 5.74) is 14.2. The van der Waals surface area contributed by atoms with Crippen LogP contribution >= 0.6 is 0 Å². The molecule has 0 bridgehead atoms. The van der Waals surface area contributed by atoms with Crippen molar-refractivity contribution in [1.29, 1.82) is 0 Å². The lowest BCUT2D eigenvalue weighted by molar-refractivity contribution is 0.281. The van der Waals surface area contributed by atoms with Crippen LogP contribution in [0.2, 0.25) is 0 Å². The molecule has 4 rings (SSSR count). The van der Waals surface area contributed by atoms with E-state index in [-0.39, 0.29) is 25.2 Å². The molecule has 1 aliphatic carbocycles. The van der Waals surface area contributed by atoms with Crippen LogP contribution in [-0.4, -0.2) is 35.0 Å². The number of anilines is 2. The smallest absolute Gasteiger partial charge is 0.0681 e. The number of aliphatic hydroxyl groups is 3. The Morgan fingerprint density at radius 2 is 1.14 bits per heavy atom. The zero-order valence-corrected chi connectivity index (χ0v) is 20.5. The normalized spacial score (nSPS) is 17.3. The van der Waals surface area contributed by atoms with Crippen molar-refractivity contribution < 1.29 is 15.3 Å². The van der Waals surface area contributed by atoms with Crippen molar-refractivity contribution >= 4 is 11.4 Å². The quantitative estimate of drug-likeness (QED) is 0.246. The molecule has 7 N–H and O–H groups in total. The fourth-order valence-corrected chi connectivity index (χ4v) is 4.63. The van der Waals surface area contributed by atoms with Gasteiger partial charge in [-0.3, -0.25) is 0 Å². The van der Waals surface area contributed by atoms with Crippen LogP contribution in [0, 0.1) is 0 Å². The molecule has 0 amide bonds. The third-order valence-corrected chi connectivity index (χ3v) is 6.76. The summed E-state index contributed by atoms with van der Waals surface area (Å²) in [6, 6.07) is 23.6. The minimum absolute atomic E-state index is 0.0140. The van der Waals surface area contributed by atoms with E-state index >= 15 is 0 Å². The van der Waals surface area contributed by atoms with E-state index in [1.165, 1.54) is 5.57 Å². The van der Waals surface area contributed by atoms with Crippen LogP contribution in [0.1, 0.15) is 28.7 Å². The molecule has 0 heterocycles. The topological polar surface area (TPSA) is 111 Å². The van der Waals surface area contributed by atoms with Crippen molar-refractivity contribution in [2.75, 3.05) is 30.3 Å². The minimum Gasteiger partial charge on any atom is -0.392 e.